The molecule has 0 aliphatic heterocycles. The third-order valence-electron chi connectivity index (χ3n) is 5.20. The smallest absolute Gasteiger partial charge is 0.315 e. The molecule has 2 aromatic rings. The van der Waals surface area contributed by atoms with Gasteiger partial charge in [0.25, 0.3) is 0 Å². The third kappa shape index (κ3) is 3.27. The van der Waals surface area contributed by atoms with Gasteiger partial charge in [-0.3, -0.25) is 4.79 Å². The zero-order chi connectivity index (χ0) is 20.5. The van der Waals surface area contributed by atoms with Crippen molar-refractivity contribution < 1.29 is 22.7 Å². The fraction of sp³-hybridized carbons (Fsp3) is 0.350. The maximum atomic E-state index is 13.4. The standard InChI is InChI=1S/C20H22ClNO5S/c1-3-27-19(23)20(12-22)17(13-4-8-15(26-2)9-5-13)18(20)28(24,25)16-10-6-14(21)7-11-16/h4-11,17-18H,3,12,22H2,1-2H3/t17-,18+,20-/m1/s1. The quantitative estimate of drug-likeness (QED) is 0.688. The van der Waals surface area contributed by atoms with Crippen molar-refractivity contribution in [2.75, 3.05) is 20.3 Å². The van der Waals surface area contributed by atoms with Crippen LogP contribution in [0.5, 0.6) is 5.75 Å². The molecule has 0 spiro atoms. The van der Waals surface area contributed by atoms with Crippen LogP contribution in [0.15, 0.2) is 53.4 Å². The van der Waals surface area contributed by atoms with E-state index in [1.807, 2.05) is 0 Å². The number of sulfone groups is 1. The number of rotatable bonds is 7. The Morgan fingerprint density at radius 2 is 1.75 bits per heavy atom. The second kappa shape index (κ2) is 7.73. The Morgan fingerprint density at radius 3 is 2.25 bits per heavy atom. The topological polar surface area (TPSA) is 95.7 Å². The van der Waals surface area contributed by atoms with Crippen molar-refractivity contribution in [2.45, 2.75) is 23.0 Å². The van der Waals surface area contributed by atoms with E-state index in [-0.39, 0.29) is 18.0 Å². The summed E-state index contributed by atoms with van der Waals surface area (Å²) in [6.07, 6.45) is 0. The molecule has 1 fully saturated rings. The van der Waals surface area contributed by atoms with Crippen LogP contribution in [0.1, 0.15) is 18.4 Å². The lowest BCUT2D eigenvalue weighted by atomic mass is 9.99. The van der Waals surface area contributed by atoms with E-state index in [1.165, 1.54) is 24.3 Å². The molecule has 2 N–H and O–H groups in total. The second-order valence-electron chi connectivity index (χ2n) is 6.64. The minimum absolute atomic E-state index is 0.0973. The molecule has 0 heterocycles. The van der Waals surface area contributed by atoms with E-state index in [0.29, 0.717) is 16.3 Å². The molecule has 0 amide bonds. The van der Waals surface area contributed by atoms with E-state index in [2.05, 4.69) is 0 Å². The van der Waals surface area contributed by atoms with Crippen LogP contribution in [0.3, 0.4) is 0 Å². The van der Waals surface area contributed by atoms with Crippen LogP contribution < -0.4 is 10.5 Å². The first-order valence-corrected chi connectivity index (χ1v) is 10.8. The molecular formula is C20H22ClNO5S. The van der Waals surface area contributed by atoms with Gasteiger partial charge in [0.1, 0.15) is 11.2 Å². The van der Waals surface area contributed by atoms with Crippen molar-refractivity contribution in [2.24, 2.45) is 11.1 Å². The zero-order valence-electron chi connectivity index (χ0n) is 15.6. The molecule has 3 rings (SSSR count). The first kappa shape index (κ1) is 20.6. The normalized spacial score (nSPS) is 23.9. The minimum atomic E-state index is -3.85. The molecule has 0 saturated heterocycles. The minimum Gasteiger partial charge on any atom is -0.497 e. The van der Waals surface area contributed by atoms with Gasteiger partial charge >= 0.3 is 5.97 Å². The predicted molar refractivity (Wildman–Crippen MR) is 106 cm³/mol. The molecule has 0 radical (unpaired) electrons. The first-order valence-electron chi connectivity index (χ1n) is 8.83. The lowest BCUT2D eigenvalue weighted by molar-refractivity contribution is -0.149. The van der Waals surface area contributed by atoms with Crippen LogP contribution >= 0.6 is 11.6 Å². The van der Waals surface area contributed by atoms with Gasteiger partial charge in [0, 0.05) is 17.5 Å². The van der Waals surface area contributed by atoms with Crippen LogP contribution in [0.25, 0.3) is 0 Å². The molecule has 8 heteroatoms. The Morgan fingerprint density at radius 1 is 1.14 bits per heavy atom. The van der Waals surface area contributed by atoms with Crippen LogP contribution in [0, 0.1) is 5.41 Å². The molecule has 1 aliphatic carbocycles. The average molecular weight is 424 g/mol. The summed E-state index contributed by atoms with van der Waals surface area (Å²) < 4.78 is 37.1. The van der Waals surface area contributed by atoms with Crippen molar-refractivity contribution in [3.05, 3.63) is 59.1 Å². The Bertz CT molecular complexity index is 959. The van der Waals surface area contributed by atoms with Gasteiger partial charge < -0.3 is 15.2 Å². The van der Waals surface area contributed by atoms with Gasteiger partial charge in [-0.05, 0) is 48.9 Å². The summed E-state index contributed by atoms with van der Waals surface area (Å²) in [6, 6.07) is 12.9. The molecule has 2 aromatic carbocycles. The fourth-order valence-corrected chi connectivity index (χ4v) is 6.26. The summed E-state index contributed by atoms with van der Waals surface area (Å²) in [5, 5.41) is -0.587. The van der Waals surface area contributed by atoms with E-state index in [0.717, 1.165) is 0 Å². The first-order chi connectivity index (χ1) is 13.3. The Labute approximate surface area is 169 Å². The van der Waals surface area contributed by atoms with Gasteiger partial charge in [0.15, 0.2) is 9.84 Å². The maximum Gasteiger partial charge on any atom is 0.315 e. The van der Waals surface area contributed by atoms with Gasteiger partial charge in [0.2, 0.25) is 0 Å². The number of hydrogen-bond donors (Lipinski definition) is 1. The van der Waals surface area contributed by atoms with Gasteiger partial charge in [-0.2, -0.15) is 0 Å². The molecule has 1 saturated carbocycles. The van der Waals surface area contributed by atoms with Crippen LogP contribution in [0.2, 0.25) is 5.02 Å². The van der Waals surface area contributed by atoms with Crippen molar-refractivity contribution in [1.29, 1.82) is 0 Å². The van der Waals surface area contributed by atoms with Crippen LogP contribution in [0.4, 0.5) is 0 Å². The summed E-state index contributed by atoms with van der Waals surface area (Å²) in [5.74, 6) is -0.569. The molecule has 3 atom stereocenters. The lowest BCUT2D eigenvalue weighted by Crippen LogP contribution is -2.33. The molecular weight excluding hydrogens is 402 g/mol. The number of carbonyl (C=O) groups excluding carboxylic acids is 1. The van der Waals surface area contributed by atoms with E-state index in [4.69, 9.17) is 26.8 Å². The summed E-state index contributed by atoms with van der Waals surface area (Å²) in [5.41, 5.74) is 5.33. The number of benzene rings is 2. The summed E-state index contributed by atoms with van der Waals surface area (Å²) >= 11 is 5.88. The molecule has 0 bridgehead atoms. The van der Waals surface area contributed by atoms with Crippen molar-refractivity contribution >= 4 is 27.4 Å². The number of esters is 1. The number of nitrogens with two attached hydrogens (primary N) is 1. The molecule has 150 valence electrons. The number of ether oxygens (including phenoxy) is 2. The van der Waals surface area contributed by atoms with Gasteiger partial charge in [-0.15, -0.1) is 0 Å². The summed E-state index contributed by atoms with van der Waals surface area (Å²) in [6.45, 7) is 1.68. The van der Waals surface area contributed by atoms with E-state index < -0.39 is 32.4 Å². The molecule has 28 heavy (non-hydrogen) atoms. The molecule has 0 unspecified atom stereocenters. The summed E-state index contributed by atoms with van der Waals surface area (Å²) in [7, 11) is -2.30. The number of hydrogen-bond acceptors (Lipinski definition) is 6. The highest BCUT2D eigenvalue weighted by atomic mass is 35.5. The maximum absolute atomic E-state index is 13.4. The van der Waals surface area contributed by atoms with Crippen LogP contribution in [-0.2, 0) is 19.4 Å². The Kier molecular flexibility index (Phi) is 5.70. The fourth-order valence-electron chi connectivity index (χ4n) is 3.75. The highest BCUT2D eigenvalue weighted by molar-refractivity contribution is 7.92. The van der Waals surface area contributed by atoms with Crippen molar-refractivity contribution in [3.63, 3.8) is 0 Å². The van der Waals surface area contributed by atoms with Gasteiger partial charge in [-0.1, -0.05) is 23.7 Å². The lowest BCUT2D eigenvalue weighted by Gasteiger charge is -2.14. The molecule has 0 aromatic heterocycles. The molecule has 1 aliphatic rings. The van der Waals surface area contributed by atoms with Gasteiger partial charge in [0.05, 0.1) is 23.9 Å². The average Bonchev–Trinajstić information content (AvgIpc) is 3.40. The van der Waals surface area contributed by atoms with Crippen LogP contribution in [-0.4, -0.2) is 39.9 Å². The van der Waals surface area contributed by atoms with Crippen molar-refractivity contribution in [1.82, 2.24) is 0 Å². The Hall–Kier alpha value is -2.09. The predicted octanol–water partition coefficient (Wildman–Crippen LogP) is 2.80. The highest BCUT2D eigenvalue weighted by Crippen LogP contribution is 2.64. The number of carbonyl (C=O) groups is 1. The SMILES string of the molecule is CCOC(=O)[C@]1(CN)[C@H](c2ccc(OC)cc2)[C@@H]1S(=O)(=O)c1ccc(Cl)cc1. The largest absolute Gasteiger partial charge is 0.497 e. The van der Waals surface area contributed by atoms with Gasteiger partial charge in [-0.25, -0.2) is 8.42 Å². The van der Waals surface area contributed by atoms with E-state index >= 15 is 0 Å². The van der Waals surface area contributed by atoms with Crippen molar-refractivity contribution in [3.8, 4) is 5.75 Å². The zero-order valence-corrected chi connectivity index (χ0v) is 17.2. The monoisotopic (exact) mass is 423 g/mol. The molecule has 6 nitrogen and oxygen atoms in total. The van der Waals surface area contributed by atoms with E-state index in [1.54, 1.807) is 38.3 Å². The third-order valence-corrected chi connectivity index (χ3v) is 7.74. The summed E-state index contributed by atoms with van der Waals surface area (Å²) in [4.78, 5) is 12.9. The van der Waals surface area contributed by atoms with E-state index in [9.17, 15) is 13.2 Å². The number of halogens is 1. The number of methoxy groups -OCH3 is 1. The Balaban J connectivity index is 2.09. The second-order valence-corrected chi connectivity index (χ2v) is 9.14. The highest BCUT2D eigenvalue weighted by Gasteiger charge is 2.75.